The van der Waals surface area contributed by atoms with E-state index in [-0.39, 0.29) is 6.42 Å². The van der Waals surface area contributed by atoms with Gasteiger partial charge in [-0.05, 0) is 43.7 Å². The average molecular weight is 394 g/mol. The van der Waals surface area contributed by atoms with Gasteiger partial charge >= 0.3 is 0 Å². The van der Waals surface area contributed by atoms with Gasteiger partial charge < -0.3 is 9.57 Å². The van der Waals surface area contributed by atoms with Crippen LogP contribution in [0, 0.1) is 11.8 Å². The second-order valence-electron chi connectivity index (χ2n) is 6.36. The number of oxime groups is 1. The molecule has 2 unspecified atom stereocenters. The maximum Gasteiger partial charge on any atom is 0.264 e. The Kier molecular flexibility index (Phi) is 6.46. The molecule has 2 N–H and O–H groups in total. The number of hydrogen-bond donors (Lipinski definition) is 2. The fraction of sp³-hybridized carbons (Fsp3) is 0.444. The average Bonchev–Trinajstić information content (AvgIpc) is 3.09. The zero-order valence-corrected chi connectivity index (χ0v) is 16.2. The van der Waals surface area contributed by atoms with E-state index in [1.807, 2.05) is 12.1 Å². The van der Waals surface area contributed by atoms with Gasteiger partial charge in [0, 0.05) is 19.1 Å². The predicted molar refractivity (Wildman–Crippen MR) is 99.2 cm³/mol. The molecule has 1 heterocycles. The molecule has 0 aliphatic carbocycles. The Morgan fingerprint density at radius 2 is 2.11 bits per heavy atom. The number of hydroxylamine groups is 1. The normalized spacial score (nSPS) is 18.4. The van der Waals surface area contributed by atoms with E-state index in [0.717, 1.165) is 11.8 Å². The number of rotatable bonds is 7. The van der Waals surface area contributed by atoms with Crippen LogP contribution >= 0.6 is 0 Å². The molecule has 0 spiro atoms. The van der Waals surface area contributed by atoms with Gasteiger partial charge in [0.2, 0.25) is 0 Å². The molecule has 146 valence electrons. The first-order chi connectivity index (χ1) is 12.7. The lowest BCUT2D eigenvalue weighted by Gasteiger charge is -2.26. The fourth-order valence-corrected chi connectivity index (χ4v) is 3.48. The molecular formula is C18H22N2O6S. The summed E-state index contributed by atoms with van der Waals surface area (Å²) in [6.07, 6.45) is 0.543. The van der Waals surface area contributed by atoms with Crippen molar-refractivity contribution in [3.8, 4) is 17.6 Å². The number of nitrogens with zero attached hydrogens (tertiary/aromatic N) is 1. The number of hydrogen-bond acceptors (Lipinski definition) is 7. The minimum Gasteiger partial charge on any atom is -0.481 e. The largest absolute Gasteiger partial charge is 0.481 e. The predicted octanol–water partition coefficient (Wildman–Crippen LogP) is 1.28. The van der Waals surface area contributed by atoms with Crippen LogP contribution in [0.4, 0.5) is 0 Å². The van der Waals surface area contributed by atoms with Crippen LogP contribution < -0.4 is 10.2 Å². The monoisotopic (exact) mass is 394 g/mol. The molecule has 9 heteroatoms. The molecule has 2 rings (SSSR count). The lowest BCUT2D eigenvalue weighted by Crippen LogP contribution is -2.51. The number of benzene rings is 1. The summed E-state index contributed by atoms with van der Waals surface area (Å²) < 4.78 is 27.7. The maximum atomic E-state index is 12.0. The van der Waals surface area contributed by atoms with E-state index < -0.39 is 26.6 Å². The summed E-state index contributed by atoms with van der Waals surface area (Å²) in [4.78, 5) is 17.2. The van der Waals surface area contributed by atoms with Crippen molar-refractivity contribution in [3.63, 3.8) is 0 Å². The standard InChI is InChI=1S/C18H22N2O6S/c1-4-5-10-25-14-8-6-13(7-9-14)16-11-15(26-20-16)12-18(2,17(21)19-22)27(3,23)24/h6-9,15,22H,10-12H2,1-3H3,(H,19,21). The first-order valence-electron chi connectivity index (χ1n) is 8.21. The quantitative estimate of drug-likeness (QED) is 0.409. The Hall–Kier alpha value is -2.57. The van der Waals surface area contributed by atoms with Gasteiger partial charge in [-0.3, -0.25) is 10.0 Å². The minimum atomic E-state index is -3.79. The van der Waals surface area contributed by atoms with Gasteiger partial charge in [-0.25, -0.2) is 13.9 Å². The molecule has 8 nitrogen and oxygen atoms in total. The first kappa shape index (κ1) is 20.7. The molecule has 27 heavy (non-hydrogen) atoms. The van der Waals surface area contributed by atoms with Gasteiger partial charge in [-0.15, -0.1) is 5.92 Å². The summed E-state index contributed by atoms with van der Waals surface area (Å²) in [5.74, 6) is 5.21. The van der Waals surface area contributed by atoms with Crippen molar-refractivity contribution in [2.24, 2.45) is 5.16 Å². The molecule has 1 aromatic carbocycles. The molecule has 1 aliphatic rings. The number of nitrogens with one attached hydrogen (secondary N) is 1. The Morgan fingerprint density at radius 1 is 1.44 bits per heavy atom. The molecular weight excluding hydrogens is 372 g/mol. The highest BCUT2D eigenvalue weighted by atomic mass is 32.2. The third-order valence-corrected chi connectivity index (χ3v) is 6.41. The molecule has 1 amide bonds. The van der Waals surface area contributed by atoms with Gasteiger partial charge in [-0.2, -0.15) is 0 Å². The van der Waals surface area contributed by atoms with Gasteiger partial charge in [0.15, 0.2) is 14.6 Å². The van der Waals surface area contributed by atoms with Crippen molar-refractivity contribution in [1.29, 1.82) is 0 Å². The van der Waals surface area contributed by atoms with Gasteiger partial charge in [0.25, 0.3) is 5.91 Å². The van der Waals surface area contributed by atoms with E-state index in [1.54, 1.807) is 19.1 Å². The maximum absolute atomic E-state index is 12.0. The highest BCUT2D eigenvalue weighted by Gasteiger charge is 2.47. The van der Waals surface area contributed by atoms with Crippen LogP contribution in [0.1, 0.15) is 32.3 Å². The van der Waals surface area contributed by atoms with Crippen molar-refractivity contribution in [1.82, 2.24) is 5.48 Å². The number of ether oxygens (including phenoxy) is 1. The van der Waals surface area contributed by atoms with E-state index in [4.69, 9.17) is 14.8 Å². The summed E-state index contributed by atoms with van der Waals surface area (Å²) in [5, 5.41) is 12.9. The van der Waals surface area contributed by atoms with Crippen molar-refractivity contribution in [3.05, 3.63) is 29.8 Å². The van der Waals surface area contributed by atoms with Gasteiger partial charge in [0.05, 0.1) is 5.71 Å². The zero-order valence-electron chi connectivity index (χ0n) is 15.4. The Morgan fingerprint density at radius 3 is 2.67 bits per heavy atom. The number of carbonyl (C=O) groups excluding carboxylic acids is 1. The van der Waals surface area contributed by atoms with E-state index in [2.05, 4.69) is 17.0 Å². The van der Waals surface area contributed by atoms with Crippen LogP contribution in [0.25, 0.3) is 0 Å². The van der Waals surface area contributed by atoms with Gasteiger partial charge in [0.1, 0.15) is 18.5 Å². The van der Waals surface area contributed by atoms with E-state index >= 15 is 0 Å². The van der Waals surface area contributed by atoms with Gasteiger partial charge in [-0.1, -0.05) is 11.1 Å². The third kappa shape index (κ3) is 4.78. The number of amides is 1. The minimum absolute atomic E-state index is 0.137. The van der Waals surface area contributed by atoms with Crippen LogP contribution in [0.2, 0.25) is 0 Å². The van der Waals surface area contributed by atoms with Crippen LogP contribution in [-0.2, 0) is 19.5 Å². The third-order valence-electron chi connectivity index (χ3n) is 4.43. The lowest BCUT2D eigenvalue weighted by molar-refractivity contribution is -0.132. The van der Waals surface area contributed by atoms with Crippen LogP contribution in [0.15, 0.2) is 29.4 Å². The summed E-state index contributed by atoms with van der Waals surface area (Å²) in [6, 6.07) is 7.19. The van der Waals surface area contributed by atoms with E-state index in [0.29, 0.717) is 24.5 Å². The SMILES string of the molecule is CC#CCOc1ccc(C2=NOC(CC(C)(C(=O)NO)S(C)(=O)=O)C2)cc1. The second kappa shape index (κ2) is 8.41. The Balaban J connectivity index is 2.05. The smallest absolute Gasteiger partial charge is 0.264 e. The summed E-state index contributed by atoms with van der Waals surface area (Å²) in [5.41, 5.74) is 2.87. The molecule has 1 aliphatic heterocycles. The molecule has 0 fully saturated rings. The Labute approximate surface area is 158 Å². The zero-order chi connectivity index (χ0) is 20.1. The molecule has 0 bridgehead atoms. The molecule has 1 aromatic rings. The van der Waals surface area contributed by atoms with E-state index in [1.165, 1.54) is 12.4 Å². The number of carbonyl (C=O) groups is 1. The number of sulfone groups is 1. The Bertz CT molecular complexity index is 883. The highest BCUT2D eigenvalue weighted by Crippen LogP contribution is 2.29. The van der Waals surface area contributed by atoms with Crippen molar-refractivity contribution < 1.29 is 28.0 Å². The topological polar surface area (TPSA) is 114 Å². The van der Waals surface area contributed by atoms with Crippen molar-refractivity contribution in [2.45, 2.75) is 37.5 Å². The molecule has 0 saturated carbocycles. The molecule has 2 atom stereocenters. The van der Waals surface area contributed by atoms with Crippen molar-refractivity contribution >= 4 is 21.5 Å². The fourth-order valence-electron chi connectivity index (χ4n) is 2.61. The van der Waals surface area contributed by atoms with E-state index in [9.17, 15) is 13.2 Å². The lowest BCUT2D eigenvalue weighted by atomic mass is 9.96. The summed E-state index contributed by atoms with van der Waals surface area (Å²) >= 11 is 0. The molecule has 0 saturated heterocycles. The summed E-state index contributed by atoms with van der Waals surface area (Å²) in [7, 11) is -3.79. The summed E-state index contributed by atoms with van der Waals surface area (Å²) in [6.45, 7) is 3.29. The van der Waals surface area contributed by atoms with Crippen LogP contribution in [0.5, 0.6) is 5.75 Å². The van der Waals surface area contributed by atoms with Crippen LogP contribution in [0.3, 0.4) is 0 Å². The van der Waals surface area contributed by atoms with Crippen LogP contribution in [-0.4, -0.2) is 49.0 Å². The second-order valence-corrected chi connectivity index (χ2v) is 8.80. The first-order valence-corrected chi connectivity index (χ1v) is 10.1. The highest BCUT2D eigenvalue weighted by molar-refractivity contribution is 7.92. The van der Waals surface area contributed by atoms with Crippen molar-refractivity contribution in [2.75, 3.05) is 12.9 Å². The molecule has 0 aromatic heterocycles. The molecule has 0 radical (unpaired) electrons.